The van der Waals surface area contributed by atoms with Crippen molar-refractivity contribution in [2.24, 2.45) is 11.8 Å². The Morgan fingerprint density at radius 1 is 1.00 bits per heavy atom. The fourth-order valence-corrected chi connectivity index (χ4v) is 7.42. The van der Waals surface area contributed by atoms with Crippen molar-refractivity contribution >= 4 is 28.8 Å². The second-order valence-corrected chi connectivity index (χ2v) is 12.4. The van der Waals surface area contributed by atoms with Crippen LogP contribution in [0.1, 0.15) is 65.9 Å². The van der Waals surface area contributed by atoms with Crippen LogP contribution in [-0.4, -0.2) is 78.9 Å². The van der Waals surface area contributed by atoms with Gasteiger partial charge in [-0.1, -0.05) is 6.07 Å². The molecular weight excluding hydrogens is 560 g/mol. The third-order valence-corrected chi connectivity index (χ3v) is 9.41. The molecule has 6 rings (SSSR count). The van der Waals surface area contributed by atoms with Crippen LogP contribution in [0.25, 0.3) is 11.1 Å². The molecule has 4 bridgehead atoms. The molecule has 2 fully saturated rings. The molecule has 0 spiro atoms. The summed E-state index contributed by atoms with van der Waals surface area (Å²) in [4.78, 5) is 48.6. The topological polar surface area (TPSA) is 114 Å². The second kappa shape index (κ2) is 12.9. The summed E-state index contributed by atoms with van der Waals surface area (Å²) in [5, 5.41) is 3.06. The van der Waals surface area contributed by atoms with E-state index >= 15 is 0 Å². The Kier molecular flexibility index (Phi) is 8.77. The zero-order chi connectivity index (χ0) is 30.8. The first-order valence-electron chi connectivity index (χ1n) is 15.8. The van der Waals surface area contributed by atoms with Gasteiger partial charge in [0.25, 0.3) is 5.91 Å². The number of amides is 3. The van der Waals surface area contributed by atoms with Gasteiger partial charge in [0, 0.05) is 57.5 Å². The number of nitrogens with zero attached hydrogens (tertiary/aromatic N) is 3. The molecule has 0 saturated carbocycles. The third-order valence-electron chi connectivity index (χ3n) is 9.41. The Balaban J connectivity index is 1.22. The van der Waals surface area contributed by atoms with E-state index in [1.807, 2.05) is 23.1 Å². The largest absolute Gasteiger partial charge is 0.493 e. The predicted octanol–water partition coefficient (Wildman–Crippen LogP) is 4.31. The molecule has 4 heterocycles. The van der Waals surface area contributed by atoms with E-state index in [4.69, 9.17) is 13.9 Å². The van der Waals surface area contributed by atoms with Gasteiger partial charge in [0.1, 0.15) is 5.52 Å². The number of piperidine rings is 2. The van der Waals surface area contributed by atoms with Crippen LogP contribution in [0.4, 0.5) is 0 Å². The molecule has 1 N–H and O–H groups in total. The van der Waals surface area contributed by atoms with Crippen LogP contribution >= 0.6 is 0 Å². The van der Waals surface area contributed by atoms with Crippen molar-refractivity contribution in [2.45, 2.75) is 64.3 Å². The number of nitrogens with one attached hydrogen (secondary N) is 1. The van der Waals surface area contributed by atoms with Crippen molar-refractivity contribution in [2.75, 3.05) is 40.4 Å². The Morgan fingerprint density at radius 2 is 1.86 bits per heavy atom. The van der Waals surface area contributed by atoms with Crippen molar-refractivity contribution in [3.05, 3.63) is 52.9 Å². The Bertz CT molecular complexity index is 1550. The van der Waals surface area contributed by atoms with E-state index < -0.39 is 0 Å². The van der Waals surface area contributed by atoms with E-state index in [1.54, 1.807) is 27.2 Å². The Morgan fingerprint density at radius 3 is 2.68 bits per heavy atom. The van der Waals surface area contributed by atoms with Gasteiger partial charge in [-0.25, -0.2) is 4.98 Å². The quantitative estimate of drug-likeness (QED) is 0.475. The molecule has 1 aromatic heterocycles. The minimum absolute atomic E-state index is 0.0181. The molecule has 234 valence electrons. The summed E-state index contributed by atoms with van der Waals surface area (Å²) < 4.78 is 17.0. The molecule has 10 heteroatoms. The molecule has 10 nitrogen and oxygen atoms in total. The molecule has 3 aliphatic heterocycles. The molecule has 3 atom stereocenters. The number of hydrogen-bond donors (Lipinski definition) is 1. The zero-order valence-electron chi connectivity index (χ0n) is 25.9. The van der Waals surface area contributed by atoms with Crippen LogP contribution in [-0.2, 0) is 22.4 Å². The zero-order valence-corrected chi connectivity index (χ0v) is 25.9. The van der Waals surface area contributed by atoms with E-state index in [0.29, 0.717) is 80.4 Å². The van der Waals surface area contributed by atoms with Crippen molar-refractivity contribution in [3.8, 4) is 11.5 Å². The van der Waals surface area contributed by atoms with Gasteiger partial charge in [0.2, 0.25) is 11.8 Å². The lowest BCUT2D eigenvalue weighted by atomic mass is 9.77. The summed E-state index contributed by atoms with van der Waals surface area (Å²) >= 11 is 0. The maximum absolute atomic E-state index is 13.9. The van der Waals surface area contributed by atoms with Crippen LogP contribution in [0, 0.1) is 18.8 Å². The van der Waals surface area contributed by atoms with Gasteiger partial charge in [-0.3, -0.25) is 14.4 Å². The number of carbonyl (C=O) groups excluding carboxylic acids is 3. The third kappa shape index (κ3) is 6.25. The van der Waals surface area contributed by atoms with Gasteiger partial charge in [0.15, 0.2) is 23.0 Å². The molecule has 44 heavy (non-hydrogen) atoms. The number of benzene rings is 2. The molecular formula is C34H42N4O6. The number of fused-ring (bicyclic) bond motifs is 7. The summed E-state index contributed by atoms with van der Waals surface area (Å²) in [7, 11) is 3.26. The van der Waals surface area contributed by atoms with Crippen molar-refractivity contribution in [3.63, 3.8) is 0 Å². The Labute approximate surface area is 258 Å². The van der Waals surface area contributed by atoms with Crippen LogP contribution in [0.2, 0.25) is 0 Å². The molecule has 3 amide bonds. The van der Waals surface area contributed by atoms with Crippen molar-refractivity contribution in [1.82, 2.24) is 20.1 Å². The van der Waals surface area contributed by atoms with Gasteiger partial charge < -0.3 is 29.0 Å². The molecule has 0 aliphatic carbocycles. The highest BCUT2D eigenvalue weighted by Crippen LogP contribution is 2.38. The molecule has 2 aromatic carbocycles. The van der Waals surface area contributed by atoms with Gasteiger partial charge in [-0.05, 0) is 85.8 Å². The van der Waals surface area contributed by atoms with Gasteiger partial charge >= 0.3 is 0 Å². The first-order valence-corrected chi connectivity index (χ1v) is 15.8. The number of methoxy groups -OCH3 is 2. The molecule has 3 aromatic rings. The molecule has 0 unspecified atom stereocenters. The fourth-order valence-electron chi connectivity index (χ4n) is 7.42. The average Bonchev–Trinajstić information content (AvgIpc) is 3.40. The first kappa shape index (κ1) is 30.0. The number of ether oxygens (including phenoxy) is 2. The lowest BCUT2D eigenvalue weighted by Crippen LogP contribution is -2.60. The lowest BCUT2D eigenvalue weighted by molar-refractivity contribution is -0.140. The van der Waals surface area contributed by atoms with Gasteiger partial charge in [0.05, 0.1) is 14.2 Å². The minimum Gasteiger partial charge on any atom is -0.493 e. The molecule has 0 radical (unpaired) electrons. The highest BCUT2D eigenvalue weighted by atomic mass is 16.5. The fraction of sp³-hybridized carbons (Fsp3) is 0.529. The van der Waals surface area contributed by atoms with Crippen molar-refractivity contribution in [1.29, 1.82) is 0 Å². The number of hydrogen-bond acceptors (Lipinski definition) is 7. The standard InChI is InChI=1S/C34H42N4O6/c1-21-36-27-11-10-25(17-29(27)44-21)34(41)37-18-23-15-26(20-37)28-7-4-8-31(39)35-13-5-6-24-14-22(9-12-32(40)38(28)19-23)16-30(42-2)33(24)43-3/h10-11,14,16-17,23,26,28H,4-9,12-13,15,18-20H2,1-3H3,(H,35,39)/t23-,26-,28-/m0/s1. The van der Waals surface area contributed by atoms with Crippen molar-refractivity contribution < 1.29 is 28.3 Å². The summed E-state index contributed by atoms with van der Waals surface area (Å²) in [6, 6.07) is 9.48. The highest BCUT2D eigenvalue weighted by molar-refractivity contribution is 5.97. The Hall–Kier alpha value is -4.08. The van der Waals surface area contributed by atoms with Crippen LogP contribution in [0.3, 0.4) is 0 Å². The monoisotopic (exact) mass is 602 g/mol. The maximum atomic E-state index is 13.9. The van der Waals surface area contributed by atoms with Crippen LogP contribution < -0.4 is 14.8 Å². The first-order chi connectivity index (χ1) is 21.3. The van der Waals surface area contributed by atoms with Crippen LogP contribution in [0.5, 0.6) is 11.5 Å². The summed E-state index contributed by atoms with van der Waals surface area (Å²) in [6.45, 7) is 4.20. The van der Waals surface area contributed by atoms with Gasteiger partial charge in [-0.15, -0.1) is 0 Å². The average molecular weight is 603 g/mol. The van der Waals surface area contributed by atoms with E-state index in [1.165, 1.54) is 0 Å². The second-order valence-electron chi connectivity index (χ2n) is 12.4. The van der Waals surface area contributed by atoms with E-state index in [9.17, 15) is 14.4 Å². The number of aromatic nitrogens is 1. The highest BCUT2D eigenvalue weighted by Gasteiger charge is 2.43. The molecule has 3 aliphatic rings. The number of likely N-dealkylation sites (tertiary alicyclic amines) is 1. The van der Waals surface area contributed by atoms with Gasteiger partial charge in [-0.2, -0.15) is 0 Å². The van der Waals surface area contributed by atoms with Crippen LogP contribution in [0.15, 0.2) is 34.7 Å². The number of rotatable bonds is 3. The van der Waals surface area contributed by atoms with E-state index in [-0.39, 0.29) is 35.6 Å². The molecule has 2 saturated heterocycles. The summed E-state index contributed by atoms with van der Waals surface area (Å²) in [5.74, 6) is 2.43. The maximum Gasteiger partial charge on any atom is 0.254 e. The normalized spacial score (nSPS) is 23.2. The number of oxazole rings is 1. The SMILES string of the molecule is COc1cc2cc(c1OC)CCCNC(=O)CCC[C@H]1[C@H]3C[C@@H](CN(C(=O)c4ccc5nc(C)oc5c4)C3)CN1C(=O)CC2. The summed E-state index contributed by atoms with van der Waals surface area (Å²) in [6.07, 6.45) is 5.34. The summed E-state index contributed by atoms with van der Waals surface area (Å²) in [5.41, 5.74) is 3.99. The minimum atomic E-state index is -0.0210. The number of carbonyl (C=O) groups is 3. The van der Waals surface area contributed by atoms with E-state index in [0.717, 1.165) is 42.3 Å². The lowest BCUT2D eigenvalue weighted by Gasteiger charge is -2.51. The van der Waals surface area contributed by atoms with E-state index in [2.05, 4.69) is 21.3 Å². The number of aryl methyl sites for hydroxylation is 3. The smallest absolute Gasteiger partial charge is 0.254 e. The predicted molar refractivity (Wildman–Crippen MR) is 165 cm³/mol.